The summed E-state index contributed by atoms with van der Waals surface area (Å²) in [5.74, 6) is 0.155. The fourth-order valence-corrected chi connectivity index (χ4v) is 9.92. The molecule has 9 nitrogen and oxygen atoms in total. The van der Waals surface area contributed by atoms with Gasteiger partial charge in [-0.05, 0) is 159 Å². The average molecular weight is 856 g/mol. The number of rotatable bonds is 12. The van der Waals surface area contributed by atoms with Crippen LogP contribution in [0.15, 0.2) is 104 Å². The summed E-state index contributed by atoms with van der Waals surface area (Å²) in [5.41, 5.74) is 8.35. The number of nitrogens with zero attached hydrogens (tertiary/aromatic N) is 4. The molecular weight excluding hydrogens is 790 g/mol. The summed E-state index contributed by atoms with van der Waals surface area (Å²) in [7, 11) is 3.56. The van der Waals surface area contributed by atoms with E-state index in [1.54, 1.807) is 47.3 Å². The molecule has 3 aliphatic heterocycles. The number of hydrogen-bond acceptors (Lipinski definition) is 7. The molecule has 3 atom stereocenters. The maximum absolute atomic E-state index is 16.0. The van der Waals surface area contributed by atoms with Gasteiger partial charge in [-0.2, -0.15) is 0 Å². The summed E-state index contributed by atoms with van der Waals surface area (Å²) in [6, 6.07) is 25.7. The van der Waals surface area contributed by atoms with Crippen LogP contribution in [0.1, 0.15) is 118 Å². The summed E-state index contributed by atoms with van der Waals surface area (Å²) in [6.07, 6.45) is 12.2. The number of phenolic OH excluding ortho intramolecular Hbond substituents is 1. The maximum Gasteiger partial charge on any atom is 0.254 e. The smallest absolute Gasteiger partial charge is 0.254 e. The predicted molar refractivity (Wildman–Crippen MR) is 252 cm³/mol. The number of hydrogen-bond donors (Lipinski definition) is 2. The molecule has 0 bridgehead atoms. The number of halogens is 1. The van der Waals surface area contributed by atoms with Crippen LogP contribution >= 0.6 is 0 Å². The van der Waals surface area contributed by atoms with E-state index < -0.39 is 0 Å². The number of aldehydes is 1. The van der Waals surface area contributed by atoms with Crippen molar-refractivity contribution in [1.82, 2.24) is 20.0 Å². The number of nitrogens with one attached hydrogen (secondary N) is 1. The molecule has 1 unspecified atom stereocenters. The predicted octanol–water partition coefficient (Wildman–Crippen LogP) is 9.45. The third-order valence-corrected chi connectivity index (χ3v) is 13.9. The van der Waals surface area contributed by atoms with Gasteiger partial charge in [0.1, 0.15) is 11.6 Å². The summed E-state index contributed by atoms with van der Waals surface area (Å²) in [6.45, 7) is 17.8. The molecular formula is C53H66FN5O4. The molecule has 0 radical (unpaired) electrons. The van der Waals surface area contributed by atoms with Gasteiger partial charge >= 0.3 is 0 Å². The standard InChI is InChI=1S/C32H37FN2O.C18H22N2O3.C3H7N/c1-2-34-17-14-32(15-18-34)16-19-35(22-32)25-9-12-29(30(33)21-25)31-27(23-6-4-3-5-7-23)11-8-24-20-26(36)10-13-28(24)31;1-4-5-6-13(2)19(3)18(23)17-8-15-10-20(12-22)9-14(15)7-16(17)11-21;1-3-4-2/h3-7,9-10,12-13,20-21,27,31,36H,2,8,11,14-19,22H2,1H3;4,7-8,11-13H,1,5-6,9-10H2,2-3H3;3-4H,1H2,2H3/t27-,31+;;/m1../s1. The third kappa shape index (κ3) is 10.9. The number of benzene rings is 4. The van der Waals surface area contributed by atoms with Gasteiger partial charge in [0.05, 0.1) is 5.56 Å². The number of carbonyl (C=O) groups is 3. The van der Waals surface area contributed by atoms with Crippen molar-refractivity contribution in [2.24, 2.45) is 5.41 Å². The second-order valence-corrected chi connectivity index (χ2v) is 17.7. The first kappa shape index (κ1) is 46.8. The van der Waals surface area contributed by atoms with E-state index in [0.29, 0.717) is 35.9 Å². The highest BCUT2D eigenvalue weighted by molar-refractivity contribution is 6.02. The summed E-state index contributed by atoms with van der Waals surface area (Å²) < 4.78 is 16.0. The summed E-state index contributed by atoms with van der Waals surface area (Å²) in [5, 5.41) is 12.8. The van der Waals surface area contributed by atoms with Crippen LogP contribution in [0.2, 0.25) is 0 Å². The van der Waals surface area contributed by atoms with Gasteiger partial charge in [0.2, 0.25) is 6.41 Å². The van der Waals surface area contributed by atoms with Crippen molar-refractivity contribution >= 4 is 24.3 Å². The number of likely N-dealkylation sites (tertiary alicyclic amines) is 1. The number of amides is 2. The molecule has 2 fully saturated rings. The zero-order valence-corrected chi connectivity index (χ0v) is 37.7. The van der Waals surface area contributed by atoms with Crippen molar-refractivity contribution in [2.45, 2.75) is 89.8 Å². The van der Waals surface area contributed by atoms with Gasteiger partial charge in [0.15, 0.2) is 6.29 Å². The van der Waals surface area contributed by atoms with Crippen LogP contribution in [-0.2, 0) is 24.3 Å². The Morgan fingerprint density at radius 1 is 0.952 bits per heavy atom. The van der Waals surface area contributed by atoms with Crippen molar-refractivity contribution in [3.8, 4) is 5.75 Å². The fourth-order valence-electron chi connectivity index (χ4n) is 9.92. The van der Waals surface area contributed by atoms with Crippen LogP contribution in [0.4, 0.5) is 10.1 Å². The van der Waals surface area contributed by atoms with E-state index in [4.69, 9.17) is 0 Å². The van der Waals surface area contributed by atoms with Gasteiger partial charge in [0.25, 0.3) is 5.91 Å². The van der Waals surface area contributed by atoms with Crippen LogP contribution < -0.4 is 10.2 Å². The highest BCUT2D eigenvalue weighted by atomic mass is 19.1. The molecule has 1 aliphatic carbocycles. The average Bonchev–Trinajstić information content (AvgIpc) is 3.94. The van der Waals surface area contributed by atoms with Gasteiger partial charge < -0.3 is 30.0 Å². The second-order valence-electron chi connectivity index (χ2n) is 17.7. The number of anilines is 1. The van der Waals surface area contributed by atoms with Gasteiger partial charge in [-0.25, -0.2) is 4.39 Å². The lowest BCUT2D eigenvalue weighted by Gasteiger charge is -2.39. The summed E-state index contributed by atoms with van der Waals surface area (Å²) in [4.78, 5) is 43.3. The van der Waals surface area contributed by atoms with Crippen LogP contribution in [-0.4, -0.2) is 91.3 Å². The highest BCUT2D eigenvalue weighted by Crippen LogP contribution is 2.48. The van der Waals surface area contributed by atoms with Crippen LogP contribution in [0.25, 0.3) is 0 Å². The molecule has 4 aromatic rings. The van der Waals surface area contributed by atoms with Crippen LogP contribution in [0.5, 0.6) is 5.75 Å². The van der Waals surface area contributed by atoms with E-state index >= 15 is 4.39 Å². The number of allylic oxidation sites excluding steroid dienone is 1. The second kappa shape index (κ2) is 21.6. The Bertz CT molecular complexity index is 2220. The molecule has 4 aromatic carbocycles. The van der Waals surface area contributed by atoms with E-state index in [1.165, 1.54) is 37.9 Å². The lowest BCUT2D eigenvalue weighted by molar-refractivity contribution is -0.118. The molecule has 10 heteroatoms. The van der Waals surface area contributed by atoms with Gasteiger partial charge in [-0.15, -0.1) is 6.58 Å². The number of carbonyl (C=O) groups excluding carboxylic acids is 3. The minimum atomic E-state index is -0.170. The molecule has 2 N–H and O–H groups in total. The molecule has 0 saturated carbocycles. The van der Waals surface area contributed by atoms with Crippen LogP contribution in [0.3, 0.4) is 0 Å². The highest BCUT2D eigenvalue weighted by Gasteiger charge is 2.41. The Hall–Kier alpha value is -5.74. The Morgan fingerprint density at radius 3 is 2.27 bits per heavy atom. The lowest BCUT2D eigenvalue weighted by Crippen LogP contribution is -2.41. The van der Waals surface area contributed by atoms with Gasteiger partial charge in [-0.1, -0.05) is 62.0 Å². The quantitative estimate of drug-likeness (QED) is 0.108. The monoisotopic (exact) mass is 856 g/mol. The first-order valence-corrected chi connectivity index (χ1v) is 22.6. The number of piperidine rings is 1. The molecule has 1 spiro atoms. The van der Waals surface area contributed by atoms with Crippen molar-refractivity contribution in [1.29, 1.82) is 0 Å². The minimum Gasteiger partial charge on any atom is -0.508 e. The van der Waals surface area contributed by atoms with Crippen molar-refractivity contribution in [3.63, 3.8) is 0 Å². The first-order valence-electron chi connectivity index (χ1n) is 22.6. The molecule has 4 aliphatic rings. The van der Waals surface area contributed by atoms with Crippen molar-refractivity contribution < 1.29 is 23.9 Å². The number of aryl methyl sites for hydroxylation is 1. The van der Waals surface area contributed by atoms with Gasteiger partial charge in [0, 0.05) is 63.5 Å². The molecule has 3 heterocycles. The van der Waals surface area contributed by atoms with Crippen molar-refractivity contribution in [2.75, 3.05) is 51.7 Å². The topological polar surface area (TPSA) is 96.4 Å². The van der Waals surface area contributed by atoms with E-state index in [-0.39, 0.29) is 35.4 Å². The molecule has 334 valence electrons. The molecule has 8 rings (SSSR count). The van der Waals surface area contributed by atoms with Gasteiger partial charge in [-0.3, -0.25) is 14.4 Å². The molecule has 63 heavy (non-hydrogen) atoms. The van der Waals surface area contributed by atoms with Crippen LogP contribution in [0, 0.1) is 11.2 Å². The molecule has 0 aromatic heterocycles. The lowest BCUT2D eigenvalue weighted by atomic mass is 9.69. The molecule has 2 amide bonds. The number of fused-ring (bicyclic) bond motifs is 2. The Kier molecular flexibility index (Phi) is 16.0. The number of aromatic hydroxyl groups is 1. The fraction of sp³-hybridized carbons (Fsp3) is 0.415. The third-order valence-electron chi connectivity index (χ3n) is 13.9. The van der Waals surface area contributed by atoms with Crippen molar-refractivity contribution in [3.05, 3.63) is 155 Å². The van der Waals surface area contributed by atoms with E-state index in [9.17, 15) is 19.5 Å². The summed E-state index contributed by atoms with van der Waals surface area (Å²) >= 11 is 0. The Balaban J connectivity index is 0.000000211. The first-order chi connectivity index (χ1) is 30.5. The molecule has 2 saturated heterocycles. The van der Waals surface area contributed by atoms with E-state index in [0.717, 1.165) is 85.2 Å². The zero-order chi connectivity index (χ0) is 45.1. The zero-order valence-electron chi connectivity index (χ0n) is 37.7. The SMILES string of the molecule is C=CCCC(C)N(C)C(=O)c1cc2c(cc1C=O)CN(C=O)C2.C=CNC.CCN1CCC2(CC1)CCN(c1ccc([C@@H]3c4ccc(O)cc4CC[C@@H]3c3ccccc3)c(F)c1)C2. The van der Waals surface area contributed by atoms with E-state index in [1.807, 2.05) is 44.3 Å². The Morgan fingerprint density at radius 2 is 1.63 bits per heavy atom. The number of phenols is 1. The maximum atomic E-state index is 16.0. The Labute approximate surface area is 374 Å². The van der Waals surface area contributed by atoms with E-state index in [2.05, 4.69) is 65.5 Å². The minimum absolute atomic E-state index is 0.0553. The largest absolute Gasteiger partial charge is 0.508 e. The normalized spacial score (nSPS) is 19.0.